The zero-order valence-corrected chi connectivity index (χ0v) is 18.0. The van der Waals surface area contributed by atoms with Crippen molar-refractivity contribution in [2.45, 2.75) is 32.6 Å². The van der Waals surface area contributed by atoms with Crippen LogP contribution in [0.5, 0.6) is 0 Å². The van der Waals surface area contributed by atoms with Crippen LogP contribution in [0.3, 0.4) is 0 Å². The van der Waals surface area contributed by atoms with Gasteiger partial charge in [0, 0.05) is 21.4 Å². The van der Waals surface area contributed by atoms with E-state index in [1.165, 1.54) is 0 Å². The highest BCUT2D eigenvalue weighted by molar-refractivity contribution is 14.1. The minimum absolute atomic E-state index is 0.00451. The molecule has 0 unspecified atom stereocenters. The van der Waals surface area contributed by atoms with E-state index in [-0.39, 0.29) is 16.9 Å². The van der Waals surface area contributed by atoms with Gasteiger partial charge in [0.1, 0.15) is 0 Å². The van der Waals surface area contributed by atoms with Crippen LogP contribution in [0.25, 0.3) is 0 Å². The Labute approximate surface area is 178 Å². The van der Waals surface area contributed by atoms with E-state index in [9.17, 15) is 9.59 Å². The fraction of sp³-hybridized carbons (Fsp3) is 0.250. The van der Waals surface area contributed by atoms with Crippen molar-refractivity contribution in [2.75, 3.05) is 10.6 Å². The van der Waals surface area contributed by atoms with Crippen molar-refractivity contribution < 1.29 is 9.59 Å². The average Bonchev–Trinajstić information content (AvgIpc) is 2.62. The summed E-state index contributed by atoms with van der Waals surface area (Å²) in [6.45, 7) is 2.10. The molecule has 0 saturated carbocycles. The molecular weight excluding hydrogens is 473 g/mol. The molecule has 2 amide bonds. The average molecular weight is 495 g/mol. The van der Waals surface area contributed by atoms with Crippen LogP contribution < -0.4 is 16.0 Å². The molecular formula is C20H22IN3O2S. The summed E-state index contributed by atoms with van der Waals surface area (Å²) < 4.78 is 0.850. The van der Waals surface area contributed by atoms with Crippen molar-refractivity contribution in [1.82, 2.24) is 5.32 Å². The van der Waals surface area contributed by atoms with Gasteiger partial charge in [0.05, 0.1) is 5.56 Å². The summed E-state index contributed by atoms with van der Waals surface area (Å²) in [5, 5.41) is 8.72. The SMILES string of the molecule is CCCCCC(=O)Nc1cccc(NC(=S)NC(=O)c2ccccc2I)c1. The van der Waals surface area contributed by atoms with Gasteiger partial charge in [0.25, 0.3) is 5.91 Å². The molecule has 2 aromatic carbocycles. The quantitative estimate of drug-likeness (QED) is 0.289. The number of anilines is 2. The summed E-state index contributed by atoms with van der Waals surface area (Å²) in [7, 11) is 0. The van der Waals surface area contributed by atoms with Gasteiger partial charge < -0.3 is 10.6 Å². The molecule has 0 spiro atoms. The number of unbranched alkanes of at least 4 members (excludes halogenated alkanes) is 2. The first-order valence-corrected chi connectivity index (χ1v) is 10.2. The van der Waals surface area contributed by atoms with Crippen LogP contribution in [-0.2, 0) is 4.79 Å². The molecule has 27 heavy (non-hydrogen) atoms. The number of nitrogens with one attached hydrogen (secondary N) is 3. The first-order chi connectivity index (χ1) is 13.0. The van der Waals surface area contributed by atoms with Gasteiger partial charge in [-0.15, -0.1) is 0 Å². The van der Waals surface area contributed by atoms with E-state index >= 15 is 0 Å². The lowest BCUT2D eigenvalue weighted by atomic mass is 10.2. The first-order valence-electron chi connectivity index (χ1n) is 8.76. The summed E-state index contributed by atoms with van der Waals surface area (Å²) in [5.74, 6) is -0.270. The fourth-order valence-electron chi connectivity index (χ4n) is 2.41. The number of hydrogen-bond acceptors (Lipinski definition) is 3. The Kier molecular flexibility index (Phi) is 8.66. The van der Waals surface area contributed by atoms with E-state index in [4.69, 9.17) is 12.2 Å². The van der Waals surface area contributed by atoms with Crippen LogP contribution in [0, 0.1) is 3.57 Å². The molecule has 3 N–H and O–H groups in total. The summed E-state index contributed by atoms with van der Waals surface area (Å²) in [6, 6.07) is 14.5. The Hall–Kier alpha value is -2.00. The maximum absolute atomic E-state index is 12.3. The summed E-state index contributed by atoms with van der Waals surface area (Å²) >= 11 is 7.33. The van der Waals surface area contributed by atoms with Gasteiger partial charge in [-0.2, -0.15) is 0 Å². The normalized spacial score (nSPS) is 10.1. The molecule has 0 aliphatic rings. The highest BCUT2D eigenvalue weighted by atomic mass is 127. The van der Waals surface area contributed by atoms with Crippen molar-refractivity contribution in [1.29, 1.82) is 0 Å². The molecule has 0 radical (unpaired) electrons. The Balaban J connectivity index is 1.91. The zero-order chi connectivity index (χ0) is 19.6. The molecule has 2 aromatic rings. The monoisotopic (exact) mass is 495 g/mol. The van der Waals surface area contributed by atoms with E-state index < -0.39 is 0 Å². The molecule has 0 aliphatic carbocycles. The van der Waals surface area contributed by atoms with Gasteiger partial charge in [-0.3, -0.25) is 14.9 Å². The van der Waals surface area contributed by atoms with Crippen LogP contribution >= 0.6 is 34.8 Å². The molecule has 0 heterocycles. The number of thiocarbonyl (C=S) groups is 1. The fourth-order valence-corrected chi connectivity index (χ4v) is 3.25. The highest BCUT2D eigenvalue weighted by Crippen LogP contribution is 2.16. The van der Waals surface area contributed by atoms with Gasteiger partial charge >= 0.3 is 0 Å². The number of amides is 2. The molecule has 0 fully saturated rings. The Morgan fingerprint density at radius 1 is 1.00 bits per heavy atom. The highest BCUT2D eigenvalue weighted by Gasteiger charge is 2.11. The van der Waals surface area contributed by atoms with Gasteiger partial charge in [0.15, 0.2) is 5.11 Å². The van der Waals surface area contributed by atoms with E-state index in [0.29, 0.717) is 23.4 Å². The number of rotatable bonds is 7. The number of carbonyl (C=O) groups excluding carboxylic acids is 2. The lowest BCUT2D eigenvalue weighted by Crippen LogP contribution is -2.34. The van der Waals surface area contributed by atoms with Crippen molar-refractivity contribution in [2.24, 2.45) is 0 Å². The topological polar surface area (TPSA) is 70.2 Å². The number of halogens is 1. The lowest BCUT2D eigenvalue weighted by Gasteiger charge is -2.12. The molecule has 0 aromatic heterocycles. The third kappa shape index (κ3) is 7.26. The van der Waals surface area contributed by atoms with Gasteiger partial charge in [0.2, 0.25) is 5.91 Å². The van der Waals surface area contributed by atoms with Gasteiger partial charge in [-0.05, 0) is 71.6 Å². The predicted octanol–water partition coefficient (Wildman–Crippen LogP) is 4.94. The van der Waals surface area contributed by atoms with E-state index in [1.807, 2.05) is 30.3 Å². The lowest BCUT2D eigenvalue weighted by molar-refractivity contribution is -0.116. The largest absolute Gasteiger partial charge is 0.332 e. The smallest absolute Gasteiger partial charge is 0.258 e. The molecule has 0 atom stereocenters. The second-order valence-electron chi connectivity index (χ2n) is 5.97. The van der Waals surface area contributed by atoms with Gasteiger partial charge in [-0.1, -0.05) is 38.0 Å². The minimum Gasteiger partial charge on any atom is -0.332 e. The zero-order valence-electron chi connectivity index (χ0n) is 15.0. The number of carbonyl (C=O) groups is 2. The van der Waals surface area contributed by atoms with Gasteiger partial charge in [-0.25, -0.2) is 0 Å². The molecule has 0 bridgehead atoms. The molecule has 0 aliphatic heterocycles. The summed E-state index contributed by atoms with van der Waals surface area (Å²) in [5.41, 5.74) is 1.94. The number of benzene rings is 2. The van der Waals surface area contributed by atoms with Crippen molar-refractivity contribution in [3.63, 3.8) is 0 Å². The summed E-state index contributed by atoms with van der Waals surface area (Å²) in [6.07, 6.45) is 3.52. The van der Waals surface area contributed by atoms with Crippen molar-refractivity contribution in [3.05, 3.63) is 57.7 Å². The van der Waals surface area contributed by atoms with Crippen LogP contribution in [0.1, 0.15) is 43.0 Å². The summed E-state index contributed by atoms with van der Waals surface area (Å²) in [4.78, 5) is 24.2. The minimum atomic E-state index is -0.266. The predicted molar refractivity (Wildman–Crippen MR) is 122 cm³/mol. The van der Waals surface area contributed by atoms with Crippen molar-refractivity contribution in [3.8, 4) is 0 Å². The molecule has 2 rings (SSSR count). The van der Waals surface area contributed by atoms with Crippen LogP contribution in [0.2, 0.25) is 0 Å². The van der Waals surface area contributed by atoms with E-state index in [1.54, 1.807) is 18.2 Å². The standard InChI is InChI=1S/C20H22IN3O2S/c1-2-3-4-12-18(25)22-14-8-7-9-15(13-14)23-20(27)24-19(26)16-10-5-6-11-17(16)21/h5-11,13H,2-4,12H2,1H3,(H,22,25)(H2,23,24,26,27). The maximum Gasteiger partial charge on any atom is 0.258 e. The third-order valence-electron chi connectivity index (χ3n) is 3.76. The Bertz CT molecular complexity index is 826. The molecule has 142 valence electrons. The maximum atomic E-state index is 12.3. The van der Waals surface area contributed by atoms with Crippen molar-refractivity contribution >= 4 is 63.1 Å². The Morgan fingerprint density at radius 2 is 1.70 bits per heavy atom. The van der Waals surface area contributed by atoms with Crippen LogP contribution in [0.15, 0.2) is 48.5 Å². The number of hydrogen-bond donors (Lipinski definition) is 3. The second-order valence-corrected chi connectivity index (χ2v) is 7.54. The molecule has 7 heteroatoms. The third-order valence-corrected chi connectivity index (χ3v) is 4.90. The van der Waals surface area contributed by atoms with Crippen LogP contribution in [0.4, 0.5) is 11.4 Å². The Morgan fingerprint density at radius 3 is 2.41 bits per heavy atom. The van der Waals surface area contributed by atoms with Crippen LogP contribution in [-0.4, -0.2) is 16.9 Å². The van der Waals surface area contributed by atoms with E-state index in [0.717, 1.165) is 22.8 Å². The first kappa shape index (κ1) is 21.3. The molecule has 0 saturated heterocycles. The second kappa shape index (κ2) is 11.0. The van der Waals surface area contributed by atoms with E-state index in [2.05, 4.69) is 45.5 Å². The molecule has 5 nitrogen and oxygen atoms in total.